The van der Waals surface area contributed by atoms with Gasteiger partial charge in [0.25, 0.3) is 0 Å². The zero-order valence-corrected chi connectivity index (χ0v) is 11.2. The zero-order chi connectivity index (χ0) is 15.6. The van der Waals surface area contributed by atoms with Crippen LogP contribution in [0.25, 0.3) is 0 Å². The van der Waals surface area contributed by atoms with E-state index in [1.54, 1.807) is 6.07 Å². The molecule has 0 aliphatic heterocycles. The lowest BCUT2D eigenvalue weighted by Gasteiger charge is -2.34. The summed E-state index contributed by atoms with van der Waals surface area (Å²) in [5.74, 6) is -0.474. The van der Waals surface area contributed by atoms with Crippen LogP contribution in [-0.2, 0) is 6.54 Å². The van der Waals surface area contributed by atoms with Crippen molar-refractivity contribution in [1.82, 2.24) is 5.32 Å². The maximum atomic E-state index is 9.91. The van der Waals surface area contributed by atoms with E-state index in [2.05, 4.69) is 5.32 Å². The Morgan fingerprint density at radius 1 is 1.00 bits per heavy atom. The summed E-state index contributed by atoms with van der Waals surface area (Å²) in [5, 5.41) is 60.0. The van der Waals surface area contributed by atoms with Crippen molar-refractivity contribution in [2.45, 2.75) is 30.9 Å². The standard InChI is InChI=1S/C14H19NO6/c16-6-8-4-9(13(20)14(21)12(8)19)15-5-7-1-2-10(17)11(18)3-7/h1-4,9,12-21H,5-6H2/t9-,12+,13-,14?/m0/s1. The van der Waals surface area contributed by atoms with Gasteiger partial charge in [0, 0.05) is 6.54 Å². The molecule has 0 fully saturated rings. The van der Waals surface area contributed by atoms with Gasteiger partial charge in [0.15, 0.2) is 11.5 Å². The highest BCUT2D eigenvalue weighted by atomic mass is 16.4. The van der Waals surface area contributed by atoms with Crippen molar-refractivity contribution >= 4 is 0 Å². The summed E-state index contributed by atoms with van der Waals surface area (Å²) in [6.07, 6.45) is -2.42. The van der Waals surface area contributed by atoms with Crippen LogP contribution in [0.5, 0.6) is 11.5 Å². The smallest absolute Gasteiger partial charge is 0.157 e. The molecule has 1 aromatic carbocycles. The lowest BCUT2D eigenvalue weighted by atomic mass is 9.88. The largest absolute Gasteiger partial charge is 0.504 e. The summed E-state index contributed by atoms with van der Waals surface area (Å²) < 4.78 is 0. The van der Waals surface area contributed by atoms with Crippen LogP contribution >= 0.6 is 0 Å². The predicted molar refractivity (Wildman–Crippen MR) is 73.6 cm³/mol. The van der Waals surface area contributed by atoms with Crippen LogP contribution in [0, 0.1) is 0 Å². The van der Waals surface area contributed by atoms with Crippen molar-refractivity contribution in [2.75, 3.05) is 6.61 Å². The molecule has 0 radical (unpaired) electrons. The molecular weight excluding hydrogens is 278 g/mol. The van der Waals surface area contributed by atoms with Crippen LogP contribution in [0.1, 0.15) is 5.56 Å². The van der Waals surface area contributed by atoms with Gasteiger partial charge in [0.2, 0.25) is 0 Å². The second kappa shape index (κ2) is 6.42. The molecule has 7 nitrogen and oxygen atoms in total. The molecule has 7 N–H and O–H groups in total. The Labute approximate surface area is 121 Å². The minimum Gasteiger partial charge on any atom is -0.504 e. The van der Waals surface area contributed by atoms with Crippen LogP contribution in [-0.4, -0.2) is 61.6 Å². The normalized spacial score (nSPS) is 29.2. The average Bonchev–Trinajstić information content (AvgIpc) is 2.47. The molecule has 4 atom stereocenters. The average molecular weight is 297 g/mol. The van der Waals surface area contributed by atoms with Crippen molar-refractivity contribution < 1.29 is 30.6 Å². The maximum Gasteiger partial charge on any atom is 0.157 e. The van der Waals surface area contributed by atoms with Crippen LogP contribution in [0.15, 0.2) is 29.8 Å². The van der Waals surface area contributed by atoms with Crippen molar-refractivity contribution in [3.8, 4) is 11.5 Å². The molecule has 7 heteroatoms. The van der Waals surface area contributed by atoms with Gasteiger partial charge in [-0.2, -0.15) is 0 Å². The highest BCUT2D eigenvalue weighted by molar-refractivity contribution is 5.40. The topological polar surface area (TPSA) is 133 Å². The fourth-order valence-corrected chi connectivity index (χ4v) is 2.29. The van der Waals surface area contributed by atoms with Gasteiger partial charge < -0.3 is 36.0 Å². The maximum absolute atomic E-state index is 9.91. The molecule has 1 aliphatic carbocycles. The molecule has 116 valence electrons. The SMILES string of the molecule is OCC1=C[C@H](NCc2ccc(O)c(O)c2)[C@H](O)C(O)[C@@H]1O. The van der Waals surface area contributed by atoms with E-state index in [-0.39, 0.29) is 23.6 Å². The lowest BCUT2D eigenvalue weighted by Crippen LogP contribution is -2.53. The van der Waals surface area contributed by atoms with Gasteiger partial charge in [0.1, 0.15) is 18.3 Å². The molecule has 0 bridgehead atoms. The molecule has 0 spiro atoms. The van der Waals surface area contributed by atoms with Gasteiger partial charge in [-0.15, -0.1) is 0 Å². The number of phenols is 2. The number of benzene rings is 1. The molecule has 0 saturated carbocycles. The molecule has 1 aliphatic rings. The van der Waals surface area contributed by atoms with E-state index in [9.17, 15) is 25.5 Å². The number of hydrogen-bond donors (Lipinski definition) is 7. The van der Waals surface area contributed by atoms with E-state index in [1.807, 2.05) is 0 Å². The molecule has 0 aromatic heterocycles. The van der Waals surface area contributed by atoms with Crippen LogP contribution in [0.2, 0.25) is 0 Å². The van der Waals surface area contributed by atoms with Gasteiger partial charge in [-0.25, -0.2) is 0 Å². The Bertz CT molecular complexity index is 532. The minimum absolute atomic E-state index is 0.225. The van der Waals surface area contributed by atoms with Gasteiger partial charge in [-0.05, 0) is 23.3 Å². The number of aliphatic hydroxyl groups is 4. The van der Waals surface area contributed by atoms with E-state index in [0.29, 0.717) is 5.56 Å². The van der Waals surface area contributed by atoms with E-state index >= 15 is 0 Å². The summed E-state index contributed by atoms with van der Waals surface area (Å²) in [6.45, 7) is -0.156. The summed E-state index contributed by atoms with van der Waals surface area (Å²) in [6, 6.07) is 3.66. The first-order chi connectivity index (χ1) is 9.93. The van der Waals surface area contributed by atoms with Crippen LogP contribution in [0.4, 0.5) is 0 Å². The Hall–Kier alpha value is -1.64. The highest BCUT2D eigenvalue weighted by Crippen LogP contribution is 2.25. The highest BCUT2D eigenvalue weighted by Gasteiger charge is 2.36. The van der Waals surface area contributed by atoms with Gasteiger partial charge in [-0.1, -0.05) is 12.1 Å². The van der Waals surface area contributed by atoms with Gasteiger partial charge in [0.05, 0.1) is 12.6 Å². The van der Waals surface area contributed by atoms with Gasteiger partial charge in [-0.3, -0.25) is 0 Å². The fourth-order valence-electron chi connectivity index (χ4n) is 2.29. The summed E-state index contributed by atoms with van der Waals surface area (Å²) in [7, 11) is 0. The number of phenolic OH excluding ortho intramolecular Hbond substituents is 2. The first-order valence-corrected chi connectivity index (χ1v) is 6.54. The minimum atomic E-state index is -1.39. The van der Waals surface area contributed by atoms with Crippen molar-refractivity contribution in [2.24, 2.45) is 0 Å². The summed E-state index contributed by atoms with van der Waals surface area (Å²) >= 11 is 0. The van der Waals surface area contributed by atoms with E-state index in [1.165, 1.54) is 18.2 Å². The van der Waals surface area contributed by atoms with Gasteiger partial charge >= 0.3 is 0 Å². The molecule has 2 rings (SSSR count). The monoisotopic (exact) mass is 297 g/mol. The first-order valence-electron chi connectivity index (χ1n) is 6.54. The number of aliphatic hydroxyl groups excluding tert-OH is 4. The van der Waals surface area contributed by atoms with E-state index < -0.39 is 31.0 Å². The third-order valence-corrected chi connectivity index (χ3v) is 3.58. The second-order valence-electron chi connectivity index (χ2n) is 5.06. The fraction of sp³-hybridized carbons (Fsp3) is 0.429. The molecule has 1 aromatic rings. The van der Waals surface area contributed by atoms with E-state index in [4.69, 9.17) is 5.11 Å². The first kappa shape index (κ1) is 15.7. The Morgan fingerprint density at radius 3 is 2.33 bits per heavy atom. The summed E-state index contributed by atoms with van der Waals surface area (Å²) in [4.78, 5) is 0. The van der Waals surface area contributed by atoms with Crippen LogP contribution < -0.4 is 5.32 Å². The Balaban J connectivity index is 2.07. The third kappa shape index (κ3) is 3.34. The lowest BCUT2D eigenvalue weighted by molar-refractivity contribution is -0.0643. The van der Waals surface area contributed by atoms with E-state index in [0.717, 1.165) is 0 Å². The molecule has 0 amide bonds. The molecule has 0 heterocycles. The predicted octanol–water partition coefficient (Wildman–Crippen LogP) is -1.43. The number of hydrogen-bond acceptors (Lipinski definition) is 7. The third-order valence-electron chi connectivity index (χ3n) is 3.58. The quantitative estimate of drug-likeness (QED) is 0.268. The number of rotatable bonds is 4. The van der Waals surface area contributed by atoms with Crippen LogP contribution in [0.3, 0.4) is 0 Å². The molecule has 0 saturated heterocycles. The molecular formula is C14H19NO6. The zero-order valence-electron chi connectivity index (χ0n) is 11.2. The van der Waals surface area contributed by atoms with Crippen molar-refractivity contribution in [1.29, 1.82) is 0 Å². The Morgan fingerprint density at radius 2 is 1.71 bits per heavy atom. The second-order valence-corrected chi connectivity index (χ2v) is 5.06. The van der Waals surface area contributed by atoms with Crippen molar-refractivity contribution in [3.63, 3.8) is 0 Å². The molecule has 1 unspecified atom stereocenters. The Kier molecular flexibility index (Phi) is 4.81. The summed E-state index contributed by atoms with van der Waals surface area (Å²) in [5.41, 5.74) is 0.899. The molecule has 21 heavy (non-hydrogen) atoms. The number of aromatic hydroxyl groups is 2. The number of nitrogens with one attached hydrogen (secondary N) is 1. The van der Waals surface area contributed by atoms with Crippen molar-refractivity contribution in [3.05, 3.63) is 35.4 Å².